The maximum Gasteiger partial charge on any atom is 0.326 e. The summed E-state index contributed by atoms with van der Waals surface area (Å²) >= 11 is 3.77. The first-order valence-corrected chi connectivity index (χ1v) is 18.5. The van der Waals surface area contributed by atoms with Gasteiger partial charge in [-0.15, -0.1) is 0 Å². The van der Waals surface area contributed by atoms with Crippen LogP contribution in [0.25, 0.3) is 11.1 Å². The molecule has 0 heterocycles. The number of hydrogen-bond donors (Lipinski definition) is 3. The van der Waals surface area contributed by atoms with E-state index in [9.17, 15) is 14.7 Å². The molecule has 4 rings (SSSR count). The van der Waals surface area contributed by atoms with Gasteiger partial charge in [0.1, 0.15) is 6.04 Å². The number of aliphatic carboxylic acids is 1. The van der Waals surface area contributed by atoms with Gasteiger partial charge in [0.25, 0.3) is 5.91 Å². The molecule has 0 radical (unpaired) electrons. The fourth-order valence-electron chi connectivity index (χ4n) is 6.51. The fraction of sp³-hybridized carbons (Fsp3) is 0.600. The van der Waals surface area contributed by atoms with Gasteiger partial charge in [-0.3, -0.25) is 4.79 Å². The number of carbonyl (C=O) groups is 2. The standard InChI is InChI=1S/C35H50N2O3S2/c1-25-11-9-10-16-30(25)32-22-27(17-18-31(32)34(38)37-33(35(39)40)19-20-41-2)23-36-28(21-26-12-5-3-6-13-26)24-42-29-14-7-4-8-15-29/h9-11,16-18,22,26,28-29,33,36H,3-8,12-15,19-21,23-24H2,1-2H3,(H,37,38)(H,39,40)/t28-,33-/m0/s1. The third-order valence-corrected chi connectivity index (χ3v) is 11.2. The zero-order chi connectivity index (χ0) is 29.7. The van der Waals surface area contributed by atoms with Crippen LogP contribution in [0.5, 0.6) is 0 Å². The minimum absolute atomic E-state index is 0.333. The van der Waals surface area contributed by atoms with Crippen LogP contribution in [0.4, 0.5) is 0 Å². The topological polar surface area (TPSA) is 78.4 Å². The molecule has 3 N–H and O–H groups in total. The predicted molar refractivity (Wildman–Crippen MR) is 180 cm³/mol. The maximum atomic E-state index is 13.5. The Bertz CT molecular complexity index is 1140. The molecule has 0 bridgehead atoms. The molecule has 2 fully saturated rings. The van der Waals surface area contributed by atoms with Crippen molar-refractivity contribution in [3.8, 4) is 11.1 Å². The third kappa shape index (κ3) is 10.1. The second-order valence-electron chi connectivity index (χ2n) is 12.3. The molecule has 0 spiro atoms. The Balaban J connectivity index is 1.51. The van der Waals surface area contributed by atoms with Crippen molar-refractivity contribution >= 4 is 35.4 Å². The van der Waals surface area contributed by atoms with Crippen molar-refractivity contribution in [2.75, 3.05) is 17.8 Å². The highest BCUT2D eigenvalue weighted by molar-refractivity contribution is 8.00. The van der Waals surface area contributed by atoms with Crippen molar-refractivity contribution < 1.29 is 14.7 Å². The molecule has 5 nitrogen and oxygen atoms in total. The zero-order valence-corrected chi connectivity index (χ0v) is 27.2. The number of aryl methyl sites for hydroxylation is 1. The molecule has 2 aliphatic carbocycles. The monoisotopic (exact) mass is 610 g/mol. The largest absolute Gasteiger partial charge is 0.480 e. The molecule has 0 saturated heterocycles. The maximum absolute atomic E-state index is 13.5. The van der Waals surface area contributed by atoms with Crippen LogP contribution < -0.4 is 10.6 Å². The molecule has 2 aromatic rings. The van der Waals surface area contributed by atoms with Crippen molar-refractivity contribution in [1.82, 2.24) is 10.6 Å². The molecule has 2 aliphatic rings. The van der Waals surface area contributed by atoms with E-state index in [4.69, 9.17) is 0 Å². The summed E-state index contributed by atoms with van der Waals surface area (Å²) in [5.74, 6) is 1.34. The van der Waals surface area contributed by atoms with Crippen LogP contribution in [0.15, 0.2) is 42.5 Å². The van der Waals surface area contributed by atoms with Gasteiger partial charge in [0, 0.05) is 29.2 Å². The average Bonchev–Trinajstić information content (AvgIpc) is 3.01. The third-order valence-electron chi connectivity index (χ3n) is 9.00. The first-order chi connectivity index (χ1) is 20.4. The van der Waals surface area contributed by atoms with Crippen molar-refractivity contribution in [3.05, 3.63) is 59.2 Å². The van der Waals surface area contributed by atoms with Crippen LogP contribution in [-0.2, 0) is 11.3 Å². The number of carbonyl (C=O) groups excluding carboxylic acids is 1. The van der Waals surface area contributed by atoms with E-state index in [2.05, 4.69) is 41.5 Å². The number of rotatable bonds is 15. The lowest BCUT2D eigenvalue weighted by Gasteiger charge is -2.29. The van der Waals surface area contributed by atoms with Gasteiger partial charge in [-0.25, -0.2) is 4.79 Å². The Labute approximate surface area is 261 Å². The Morgan fingerprint density at radius 1 is 0.952 bits per heavy atom. The van der Waals surface area contributed by atoms with Gasteiger partial charge in [0.2, 0.25) is 0 Å². The molecule has 0 aliphatic heterocycles. The number of nitrogens with one attached hydrogen (secondary N) is 2. The van der Waals surface area contributed by atoms with Gasteiger partial charge in [0.05, 0.1) is 0 Å². The molecule has 0 aromatic heterocycles. The molecule has 42 heavy (non-hydrogen) atoms. The van der Waals surface area contributed by atoms with Gasteiger partial charge < -0.3 is 15.7 Å². The summed E-state index contributed by atoms with van der Waals surface area (Å²) in [5.41, 5.74) is 4.63. The molecule has 2 aromatic carbocycles. The van der Waals surface area contributed by atoms with E-state index in [1.807, 2.05) is 36.6 Å². The SMILES string of the molecule is CSCC[C@H](NC(=O)c1ccc(CN[C@H](CSC2CCCCC2)CC2CCCCC2)cc1-c1ccccc1C)C(=O)O. The van der Waals surface area contributed by atoms with Gasteiger partial charge >= 0.3 is 5.97 Å². The van der Waals surface area contributed by atoms with E-state index in [0.717, 1.165) is 40.0 Å². The quantitative estimate of drug-likeness (QED) is 0.189. The van der Waals surface area contributed by atoms with E-state index in [-0.39, 0.29) is 5.91 Å². The van der Waals surface area contributed by atoms with Crippen molar-refractivity contribution in [1.29, 1.82) is 0 Å². The van der Waals surface area contributed by atoms with E-state index in [0.29, 0.717) is 23.8 Å². The zero-order valence-electron chi connectivity index (χ0n) is 25.5. The summed E-state index contributed by atoms with van der Waals surface area (Å²) in [6.07, 6.45) is 17.3. The van der Waals surface area contributed by atoms with E-state index < -0.39 is 12.0 Å². The summed E-state index contributed by atoms with van der Waals surface area (Å²) < 4.78 is 0. The number of thioether (sulfide) groups is 2. The average molecular weight is 611 g/mol. The summed E-state index contributed by atoms with van der Waals surface area (Å²) in [6, 6.07) is 13.7. The summed E-state index contributed by atoms with van der Waals surface area (Å²) in [6.45, 7) is 2.82. The Hall–Kier alpha value is -1.96. The van der Waals surface area contributed by atoms with E-state index in [1.165, 1.54) is 76.4 Å². The van der Waals surface area contributed by atoms with E-state index >= 15 is 0 Å². The smallest absolute Gasteiger partial charge is 0.326 e. The van der Waals surface area contributed by atoms with Crippen LogP contribution in [0.2, 0.25) is 0 Å². The Morgan fingerprint density at radius 2 is 1.67 bits per heavy atom. The first-order valence-electron chi connectivity index (χ1n) is 16.0. The lowest BCUT2D eigenvalue weighted by Crippen LogP contribution is -2.41. The minimum atomic E-state index is -0.995. The van der Waals surface area contributed by atoms with Gasteiger partial charge in [-0.05, 0) is 84.9 Å². The lowest BCUT2D eigenvalue weighted by molar-refractivity contribution is -0.139. The number of benzene rings is 2. The lowest BCUT2D eigenvalue weighted by atomic mass is 9.85. The number of hydrogen-bond acceptors (Lipinski definition) is 5. The molecule has 7 heteroatoms. The molecule has 2 atom stereocenters. The highest BCUT2D eigenvalue weighted by Gasteiger charge is 2.24. The second-order valence-corrected chi connectivity index (χ2v) is 14.6. The molecule has 230 valence electrons. The summed E-state index contributed by atoms with van der Waals surface area (Å²) in [7, 11) is 0. The van der Waals surface area contributed by atoms with Crippen LogP contribution >= 0.6 is 23.5 Å². The normalized spacial score (nSPS) is 18.0. The number of carboxylic acid groups (broad SMARTS) is 1. The fourth-order valence-corrected chi connectivity index (χ4v) is 8.40. The van der Waals surface area contributed by atoms with E-state index in [1.54, 1.807) is 11.8 Å². The Morgan fingerprint density at radius 3 is 2.36 bits per heavy atom. The molecular weight excluding hydrogens is 561 g/mol. The van der Waals surface area contributed by atoms with Crippen molar-refractivity contribution in [3.63, 3.8) is 0 Å². The summed E-state index contributed by atoms with van der Waals surface area (Å²) in [5, 5.41) is 17.2. The minimum Gasteiger partial charge on any atom is -0.480 e. The predicted octanol–water partition coefficient (Wildman–Crippen LogP) is 8.09. The number of carboxylic acids is 1. The Kier molecular flexibility index (Phi) is 13.6. The highest BCUT2D eigenvalue weighted by Crippen LogP contribution is 2.33. The van der Waals surface area contributed by atoms with Crippen molar-refractivity contribution in [2.45, 2.75) is 108 Å². The second kappa shape index (κ2) is 17.4. The molecule has 2 saturated carbocycles. The molecule has 0 unspecified atom stereocenters. The molecule has 1 amide bonds. The van der Waals surface area contributed by atoms with Crippen LogP contribution in [0, 0.1) is 12.8 Å². The van der Waals surface area contributed by atoms with Crippen LogP contribution in [0.1, 0.15) is 98.5 Å². The number of amides is 1. The van der Waals surface area contributed by atoms with Crippen LogP contribution in [-0.4, -0.2) is 52.1 Å². The first kappa shape index (κ1) is 32.9. The van der Waals surface area contributed by atoms with Crippen molar-refractivity contribution in [2.24, 2.45) is 5.92 Å². The van der Waals surface area contributed by atoms with Crippen LogP contribution in [0.3, 0.4) is 0 Å². The van der Waals surface area contributed by atoms with Gasteiger partial charge in [-0.1, -0.05) is 81.7 Å². The highest BCUT2D eigenvalue weighted by atomic mass is 32.2. The van der Waals surface area contributed by atoms with Gasteiger partial charge in [0.15, 0.2) is 0 Å². The van der Waals surface area contributed by atoms with Gasteiger partial charge in [-0.2, -0.15) is 23.5 Å². The summed E-state index contributed by atoms with van der Waals surface area (Å²) in [4.78, 5) is 25.3. The molecular formula is C35H50N2O3S2.